The Morgan fingerprint density at radius 2 is 1.78 bits per heavy atom. The molecule has 0 radical (unpaired) electrons. The largest absolute Gasteiger partial charge is 0.337 e. The first-order valence-electron chi connectivity index (χ1n) is 7.84. The number of hydrogen-bond acceptors (Lipinski definition) is 6. The zero-order valence-electron chi connectivity index (χ0n) is 14.6. The average Bonchev–Trinajstić information content (AvgIpc) is 2.90. The normalized spacial score (nSPS) is 12.5. The molecule has 0 aliphatic heterocycles. The van der Waals surface area contributed by atoms with E-state index >= 15 is 0 Å². The van der Waals surface area contributed by atoms with Gasteiger partial charge in [-0.05, 0) is 34.1 Å². The number of hydrogen-bond donors (Lipinski definition) is 1. The van der Waals surface area contributed by atoms with Gasteiger partial charge in [0.15, 0.2) is 4.34 Å². The van der Waals surface area contributed by atoms with Gasteiger partial charge in [-0.1, -0.05) is 36.9 Å². The minimum atomic E-state index is -0.0536. The standard InChI is InChI=1S/C15H26N4O2S2/c1-7-11(6)13(21)16-14-17-18-15(23-14)22-8-12(20)19(9(2)3)10(4)5/h9-11H,7-8H2,1-6H3,(H,16,17,21)/t11-/m0/s1. The maximum Gasteiger partial charge on any atom is 0.233 e. The number of anilines is 1. The summed E-state index contributed by atoms with van der Waals surface area (Å²) in [5.41, 5.74) is 0. The van der Waals surface area contributed by atoms with Gasteiger partial charge < -0.3 is 10.2 Å². The van der Waals surface area contributed by atoms with E-state index in [1.54, 1.807) is 0 Å². The van der Waals surface area contributed by atoms with Gasteiger partial charge in [-0.3, -0.25) is 9.59 Å². The second-order valence-electron chi connectivity index (χ2n) is 5.95. The van der Waals surface area contributed by atoms with E-state index < -0.39 is 0 Å². The van der Waals surface area contributed by atoms with Gasteiger partial charge in [-0.2, -0.15) is 0 Å². The zero-order valence-corrected chi connectivity index (χ0v) is 16.3. The van der Waals surface area contributed by atoms with Gasteiger partial charge >= 0.3 is 0 Å². The van der Waals surface area contributed by atoms with Crippen molar-refractivity contribution in [1.29, 1.82) is 0 Å². The SMILES string of the molecule is CC[C@H](C)C(=O)Nc1nnc(SCC(=O)N(C(C)C)C(C)C)s1. The van der Waals surface area contributed by atoms with E-state index in [4.69, 9.17) is 0 Å². The lowest BCUT2D eigenvalue weighted by Crippen LogP contribution is -2.43. The van der Waals surface area contributed by atoms with Gasteiger partial charge in [0.1, 0.15) is 0 Å². The van der Waals surface area contributed by atoms with Gasteiger partial charge in [0.2, 0.25) is 16.9 Å². The van der Waals surface area contributed by atoms with Crippen molar-refractivity contribution < 1.29 is 9.59 Å². The fraction of sp³-hybridized carbons (Fsp3) is 0.733. The minimum Gasteiger partial charge on any atom is -0.337 e. The third-order valence-corrected chi connectivity index (χ3v) is 5.37. The van der Waals surface area contributed by atoms with Crippen molar-refractivity contribution in [2.75, 3.05) is 11.1 Å². The molecule has 1 atom stereocenters. The van der Waals surface area contributed by atoms with E-state index in [0.717, 1.165) is 6.42 Å². The Kier molecular flexibility index (Phi) is 7.98. The molecule has 0 aliphatic rings. The maximum absolute atomic E-state index is 12.3. The molecule has 0 unspecified atom stereocenters. The number of rotatable bonds is 8. The number of aromatic nitrogens is 2. The summed E-state index contributed by atoms with van der Waals surface area (Å²) in [6.45, 7) is 11.9. The predicted molar refractivity (Wildman–Crippen MR) is 95.8 cm³/mol. The minimum absolute atomic E-state index is 0.0535. The van der Waals surface area contributed by atoms with Gasteiger partial charge in [0.05, 0.1) is 5.75 Å². The van der Waals surface area contributed by atoms with E-state index in [-0.39, 0.29) is 29.8 Å². The summed E-state index contributed by atoms with van der Waals surface area (Å²) in [4.78, 5) is 26.0. The first kappa shape index (κ1) is 19.9. The van der Waals surface area contributed by atoms with Crippen molar-refractivity contribution in [3.8, 4) is 0 Å². The van der Waals surface area contributed by atoms with Crippen LogP contribution in [0.15, 0.2) is 4.34 Å². The molecular formula is C15H26N4O2S2. The van der Waals surface area contributed by atoms with E-state index in [9.17, 15) is 9.59 Å². The maximum atomic E-state index is 12.3. The molecule has 130 valence electrons. The van der Waals surface area contributed by atoms with Crippen LogP contribution in [0, 0.1) is 5.92 Å². The van der Waals surface area contributed by atoms with E-state index in [1.807, 2.05) is 46.4 Å². The van der Waals surface area contributed by atoms with Crippen molar-refractivity contribution in [1.82, 2.24) is 15.1 Å². The highest BCUT2D eigenvalue weighted by Gasteiger charge is 2.21. The summed E-state index contributed by atoms with van der Waals surface area (Å²) >= 11 is 2.65. The third kappa shape index (κ3) is 6.10. The molecule has 23 heavy (non-hydrogen) atoms. The summed E-state index contributed by atoms with van der Waals surface area (Å²) in [6.07, 6.45) is 0.779. The molecular weight excluding hydrogens is 332 g/mol. The molecule has 1 N–H and O–H groups in total. The van der Waals surface area contributed by atoms with Gasteiger partial charge in [-0.25, -0.2) is 0 Å². The number of carbonyl (C=O) groups excluding carboxylic acids is 2. The van der Waals surface area contributed by atoms with E-state index in [2.05, 4.69) is 15.5 Å². The molecule has 0 fully saturated rings. The number of nitrogens with one attached hydrogen (secondary N) is 1. The zero-order chi connectivity index (χ0) is 17.6. The van der Waals surface area contributed by atoms with Crippen LogP contribution in [0.25, 0.3) is 0 Å². The van der Waals surface area contributed by atoms with Gasteiger partial charge in [0, 0.05) is 18.0 Å². The monoisotopic (exact) mass is 358 g/mol. The van der Waals surface area contributed by atoms with Crippen molar-refractivity contribution in [2.24, 2.45) is 5.92 Å². The van der Waals surface area contributed by atoms with Crippen LogP contribution in [0.1, 0.15) is 48.0 Å². The summed E-state index contributed by atoms with van der Waals surface area (Å²) in [7, 11) is 0. The van der Waals surface area contributed by atoms with Crippen LogP contribution < -0.4 is 5.32 Å². The Labute approximate surface area is 146 Å². The molecule has 0 spiro atoms. The summed E-state index contributed by atoms with van der Waals surface area (Å²) in [5, 5.41) is 11.2. The highest BCUT2D eigenvalue weighted by atomic mass is 32.2. The smallest absolute Gasteiger partial charge is 0.233 e. The number of nitrogens with zero attached hydrogens (tertiary/aromatic N) is 3. The molecule has 1 heterocycles. The Morgan fingerprint density at radius 1 is 1.17 bits per heavy atom. The number of amides is 2. The highest BCUT2D eigenvalue weighted by molar-refractivity contribution is 8.01. The van der Waals surface area contributed by atoms with Crippen molar-refractivity contribution in [2.45, 2.75) is 64.4 Å². The second kappa shape index (κ2) is 9.22. The Hall–Kier alpha value is -1.15. The Morgan fingerprint density at radius 3 is 2.30 bits per heavy atom. The first-order valence-corrected chi connectivity index (χ1v) is 9.64. The number of carbonyl (C=O) groups is 2. The fourth-order valence-corrected chi connectivity index (χ4v) is 3.73. The Bertz CT molecular complexity index is 523. The lowest BCUT2D eigenvalue weighted by Gasteiger charge is -2.30. The lowest BCUT2D eigenvalue weighted by molar-refractivity contribution is -0.131. The van der Waals surface area contributed by atoms with Crippen LogP contribution in [0.3, 0.4) is 0 Å². The lowest BCUT2D eigenvalue weighted by atomic mass is 10.1. The molecule has 1 aromatic heterocycles. The van der Waals surface area contributed by atoms with Crippen LogP contribution in [-0.4, -0.2) is 44.7 Å². The van der Waals surface area contributed by atoms with Crippen LogP contribution in [0.4, 0.5) is 5.13 Å². The first-order chi connectivity index (χ1) is 10.8. The van der Waals surface area contributed by atoms with Crippen LogP contribution in [0.2, 0.25) is 0 Å². The summed E-state index contributed by atoms with van der Waals surface area (Å²) < 4.78 is 0.685. The molecule has 2 amide bonds. The molecule has 0 saturated carbocycles. The molecule has 0 aliphatic carbocycles. The molecule has 0 saturated heterocycles. The van der Waals surface area contributed by atoms with Crippen LogP contribution in [-0.2, 0) is 9.59 Å². The quantitative estimate of drug-likeness (QED) is 0.570. The van der Waals surface area contributed by atoms with E-state index in [0.29, 0.717) is 15.2 Å². The Balaban J connectivity index is 2.56. The average molecular weight is 359 g/mol. The molecule has 0 aromatic carbocycles. The topological polar surface area (TPSA) is 75.2 Å². The second-order valence-corrected chi connectivity index (χ2v) is 8.15. The number of thioether (sulfide) groups is 1. The predicted octanol–water partition coefficient (Wildman–Crippen LogP) is 3.26. The van der Waals surface area contributed by atoms with Crippen molar-refractivity contribution >= 4 is 40.0 Å². The van der Waals surface area contributed by atoms with E-state index in [1.165, 1.54) is 23.1 Å². The summed E-state index contributed by atoms with van der Waals surface area (Å²) in [5.74, 6) is 0.300. The highest BCUT2D eigenvalue weighted by Crippen LogP contribution is 2.26. The fourth-order valence-electron chi connectivity index (χ4n) is 2.10. The molecule has 6 nitrogen and oxygen atoms in total. The summed E-state index contributed by atoms with van der Waals surface area (Å²) in [6, 6.07) is 0.339. The molecule has 8 heteroatoms. The van der Waals surface area contributed by atoms with Gasteiger partial charge in [0.25, 0.3) is 0 Å². The van der Waals surface area contributed by atoms with Crippen LogP contribution in [0.5, 0.6) is 0 Å². The molecule has 1 rings (SSSR count). The third-order valence-electron chi connectivity index (χ3n) is 3.42. The van der Waals surface area contributed by atoms with Gasteiger partial charge in [-0.15, -0.1) is 10.2 Å². The van der Waals surface area contributed by atoms with Crippen LogP contribution >= 0.6 is 23.1 Å². The van der Waals surface area contributed by atoms with Crippen molar-refractivity contribution in [3.05, 3.63) is 0 Å². The molecule has 0 bridgehead atoms. The van der Waals surface area contributed by atoms with Crippen molar-refractivity contribution in [3.63, 3.8) is 0 Å². The molecule has 1 aromatic rings.